The summed E-state index contributed by atoms with van der Waals surface area (Å²) in [4.78, 5) is 21.9. The molecule has 1 aromatic carbocycles. The monoisotopic (exact) mass is 362 g/mol. The molecule has 4 rings (SSSR count). The molecule has 0 unspecified atom stereocenters. The van der Waals surface area contributed by atoms with Crippen molar-refractivity contribution in [3.63, 3.8) is 0 Å². The van der Waals surface area contributed by atoms with Crippen molar-refractivity contribution in [1.82, 2.24) is 14.8 Å². The normalized spacial score (nSPS) is 23.8. The second-order valence-electron chi connectivity index (χ2n) is 8.35. The van der Waals surface area contributed by atoms with E-state index in [0.717, 1.165) is 49.2 Å². The zero-order valence-corrected chi connectivity index (χ0v) is 16.1. The van der Waals surface area contributed by atoms with Crippen LogP contribution in [0.15, 0.2) is 30.3 Å². The van der Waals surface area contributed by atoms with E-state index in [1.54, 1.807) is 0 Å². The van der Waals surface area contributed by atoms with Crippen LogP contribution in [0.25, 0.3) is 10.9 Å². The molecule has 0 radical (unpaired) electrons. The first-order valence-corrected chi connectivity index (χ1v) is 9.79. The highest BCUT2D eigenvalue weighted by Crippen LogP contribution is 2.31. The van der Waals surface area contributed by atoms with Crippen molar-refractivity contribution in [3.8, 4) is 6.07 Å². The summed E-state index contributed by atoms with van der Waals surface area (Å²) in [5.41, 5.74) is 2.38. The van der Waals surface area contributed by atoms with E-state index in [1.165, 1.54) is 0 Å². The molecule has 5 nitrogen and oxygen atoms in total. The number of carbonyl (C=O) groups is 1. The van der Waals surface area contributed by atoms with Crippen molar-refractivity contribution in [2.24, 2.45) is 11.8 Å². The summed E-state index contributed by atoms with van der Waals surface area (Å²) < 4.78 is 0. The molecule has 27 heavy (non-hydrogen) atoms. The van der Waals surface area contributed by atoms with E-state index in [0.29, 0.717) is 23.8 Å². The second-order valence-corrected chi connectivity index (χ2v) is 8.35. The van der Waals surface area contributed by atoms with Gasteiger partial charge in [0.25, 0.3) is 0 Å². The summed E-state index contributed by atoms with van der Waals surface area (Å²) in [6.45, 7) is 5.85. The van der Waals surface area contributed by atoms with Gasteiger partial charge in [0.1, 0.15) is 6.07 Å². The molecular weight excluding hydrogens is 336 g/mol. The third-order valence-corrected chi connectivity index (χ3v) is 5.90. The predicted molar refractivity (Wildman–Crippen MR) is 105 cm³/mol. The molecule has 2 aliphatic heterocycles. The van der Waals surface area contributed by atoms with Crippen molar-refractivity contribution in [3.05, 3.63) is 41.6 Å². The highest BCUT2D eigenvalue weighted by Gasteiger charge is 2.32. The van der Waals surface area contributed by atoms with Gasteiger partial charge in [0.15, 0.2) is 0 Å². The minimum atomic E-state index is 0.234. The average molecular weight is 362 g/mol. The molecule has 0 N–H and O–H groups in total. The molecule has 0 spiro atoms. The van der Waals surface area contributed by atoms with Crippen LogP contribution in [0, 0.1) is 23.2 Å². The standard InChI is InChI=1S/C22H26N4O/c1-15-8-19(14-26(11-15)21(27)9-16-12-25(2)13-16)20-7-6-17-4-3-5-18(10-23)22(17)24-20/h3-7,15-16,19H,8-9,11-14H2,1-2H3/t15-,19+/m1/s1. The van der Waals surface area contributed by atoms with Gasteiger partial charge in [-0.05, 0) is 37.4 Å². The summed E-state index contributed by atoms with van der Waals surface area (Å²) in [7, 11) is 2.10. The summed E-state index contributed by atoms with van der Waals surface area (Å²) in [5, 5.41) is 10.4. The molecule has 0 bridgehead atoms. The van der Waals surface area contributed by atoms with Gasteiger partial charge in [-0.25, -0.2) is 0 Å². The Kier molecular flexibility index (Phi) is 4.84. The maximum Gasteiger partial charge on any atom is 0.222 e. The number of pyridine rings is 1. The number of hydrogen-bond donors (Lipinski definition) is 0. The van der Waals surface area contributed by atoms with Gasteiger partial charge in [-0.3, -0.25) is 9.78 Å². The van der Waals surface area contributed by atoms with E-state index in [-0.39, 0.29) is 11.8 Å². The van der Waals surface area contributed by atoms with E-state index in [1.807, 2.05) is 29.2 Å². The van der Waals surface area contributed by atoms with E-state index in [9.17, 15) is 10.1 Å². The number of nitrogens with zero attached hydrogens (tertiary/aromatic N) is 4. The fourth-order valence-corrected chi connectivity index (χ4v) is 4.58. The molecule has 2 aliphatic rings. The second kappa shape index (κ2) is 7.28. The van der Waals surface area contributed by atoms with Gasteiger partial charge >= 0.3 is 0 Å². The zero-order valence-electron chi connectivity index (χ0n) is 16.1. The number of carbonyl (C=O) groups excluding carboxylic acids is 1. The van der Waals surface area contributed by atoms with Crippen molar-refractivity contribution in [2.75, 3.05) is 33.2 Å². The van der Waals surface area contributed by atoms with Crippen LogP contribution in [0.3, 0.4) is 0 Å². The summed E-state index contributed by atoms with van der Waals surface area (Å²) in [5.74, 6) is 1.48. The van der Waals surface area contributed by atoms with Gasteiger partial charge < -0.3 is 9.80 Å². The van der Waals surface area contributed by atoms with Crippen LogP contribution >= 0.6 is 0 Å². The lowest BCUT2D eigenvalue weighted by molar-refractivity contribution is -0.135. The Morgan fingerprint density at radius 2 is 2.04 bits per heavy atom. The Morgan fingerprint density at radius 1 is 1.22 bits per heavy atom. The molecule has 2 saturated heterocycles. The summed E-state index contributed by atoms with van der Waals surface area (Å²) in [6, 6.07) is 12.1. The highest BCUT2D eigenvalue weighted by molar-refractivity contribution is 5.84. The number of piperidine rings is 1. The van der Waals surface area contributed by atoms with Gasteiger partial charge in [-0.2, -0.15) is 5.26 Å². The molecule has 0 saturated carbocycles. The molecule has 140 valence electrons. The lowest BCUT2D eigenvalue weighted by atomic mass is 9.86. The lowest BCUT2D eigenvalue weighted by Gasteiger charge is -2.40. The van der Waals surface area contributed by atoms with Gasteiger partial charge in [0.2, 0.25) is 5.91 Å². The summed E-state index contributed by atoms with van der Waals surface area (Å²) in [6.07, 6.45) is 1.69. The molecule has 2 fully saturated rings. The number of rotatable bonds is 3. The average Bonchev–Trinajstić information content (AvgIpc) is 2.65. The largest absolute Gasteiger partial charge is 0.342 e. The first kappa shape index (κ1) is 17.9. The Bertz CT molecular complexity index is 897. The molecule has 2 atom stereocenters. The first-order chi connectivity index (χ1) is 13.0. The topological polar surface area (TPSA) is 60.2 Å². The van der Waals surface area contributed by atoms with Crippen molar-refractivity contribution >= 4 is 16.8 Å². The molecule has 0 aliphatic carbocycles. The van der Waals surface area contributed by atoms with Gasteiger partial charge in [-0.1, -0.05) is 25.1 Å². The van der Waals surface area contributed by atoms with Crippen LogP contribution in [0.2, 0.25) is 0 Å². The van der Waals surface area contributed by atoms with Gasteiger partial charge in [0.05, 0.1) is 11.1 Å². The lowest BCUT2D eigenvalue weighted by Crippen LogP contribution is -2.48. The fourth-order valence-electron chi connectivity index (χ4n) is 4.58. The SMILES string of the molecule is C[C@@H]1C[C@H](c2ccc3cccc(C#N)c3n2)CN(C(=O)CC2CN(C)C2)C1. The Balaban J connectivity index is 1.53. The predicted octanol–water partition coefficient (Wildman–Crippen LogP) is 3.01. The minimum Gasteiger partial charge on any atom is -0.342 e. The van der Waals surface area contributed by atoms with Crippen LogP contribution in [0.4, 0.5) is 0 Å². The van der Waals surface area contributed by atoms with Gasteiger partial charge in [0, 0.05) is 49.6 Å². The van der Waals surface area contributed by atoms with Crippen LogP contribution in [0.5, 0.6) is 0 Å². The third kappa shape index (κ3) is 3.68. The van der Waals surface area contributed by atoms with E-state index in [2.05, 4.69) is 31.0 Å². The van der Waals surface area contributed by atoms with Crippen LogP contribution < -0.4 is 0 Å². The van der Waals surface area contributed by atoms with E-state index in [4.69, 9.17) is 4.98 Å². The maximum absolute atomic E-state index is 12.8. The van der Waals surface area contributed by atoms with Crippen LogP contribution in [-0.2, 0) is 4.79 Å². The number of fused-ring (bicyclic) bond motifs is 1. The first-order valence-electron chi connectivity index (χ1n) is 9.79. The van der Waals surface area contributed by atoms with Crippen LogP contribution in [-0.4, -0.2) is 53.9 Å². The zero-order chi connectivity index (χ0) is 19.0. The molecule has 5 heteroatoms. The number of hydrogen-bond acceptors (Lipinski definition) is 4. The third-order valence-electron chi connectivity index (χ3n) is 5.90. The van der Waals surface area contributed by atoms with Gasteiger partial charge in [-0.15, -0.1) is 0 Å². The van der Waals surface area contributed by atoms with Crippen molar-refractivity contribution in [1.29, 1.82) is 5.26 Å². The van der Waals surface area contributed by atoms with E-state index >= 15 is 0 Å². The maximum atomic E-state index is 12.8. The molecule has 1 aromatic heterocycles. The minimum absolute atomic E-state index is 0.234. The molecule has 1 amide bonds. The molecular formula is C22H26N4O. The van der Waals surface area contributed by atoms with Crippen molar-refractivity contribution in [2.45, 2.75) is 25.7 Å². The number of likely N-dealkylation sites (tertiary alicyclic amines) is 2. The van der Waals surface area contributed by atoms with Crippen molar-refractivity contribution < 1.29 is 4.79 Å². The Hall–Kier alpha value is -2.45. The number of benzene rings is 1. The Morgan fingerprint density at radius 3 is 2.78 bits per heavy atom. The highest BCUT2D eigenvalue weighted by atomic mass is 16.2. The quantitative estimate of drug-likeness (QED) is 0.842. The van der Waals surface area contributed by atoms with Crippen LogP contribution in [0.1, 0.15) is 36.9 Å². The van der Waals surface area contributed by atoms with E-state index < -0.39 is 0 Å². The Labute approximate surface area is 160 Å². The molecule has 2 aromatic rings. The number of nitriles is 1. The molecule has 3 heterocycles. The number of aromatic nitrogens is 1. The number of para-hydroxylation sites is 1. The summed E-state index contributed by atoms with van der Waals surface area (Å²) >= 11 is 0. The fraction of sp³-hybridized carbons (Fsp3) is 0.500. The number of amides is 1. The smallest absolute Gasteiger partial charge is 0.222 e.